The molecule has 0 bridgehead atoms. The molecule has 9 nitrogen and oxygen atoms in total. The number of hydrogen-bond acceptors (Lipinski definition) is 8. The van der Waals surface area contributed by atoms with Crippen molar-refractivity contribution in [1.29, 1.82) is 0 Å². The minimum Gasteiger partial charge on any atom is -0.756 e. The molecule has 0 aromatic heterocycles. The van der Waals surface area contributed by atoms with E-state index in [4.69, 9.17) is 26.7 Å². The number of nitrogens with zero attached hydrogens (tertiary/aromatic N) is 1. The van der Waals surface area contributed by atoms with Crippen molar-refractivity contribution in [2.75, 3.05) is 47.5 Å². The predicted octanol–water partition coefficient (Wildman–Crippen LogP) is 12.1. The number of carbonyl (C=O) groups excluding carboxylic acids is 2. The zero-order valence-electron chi connectivity index (χ0n) is 41.9. The Hall–Kier alpha value is -2.03. The van der Waals surface area contributed by atoms with Gasteiger partial charge in [0.25, 0.3) is 7.82 Å². The van der Waals surface area contributed by atoms with Crippen LogP contribution in [0.1, 0.15) is 189 Å². The minimum absolute atomic E-state index is 0.0931. The lowest BCUT2D eigenvalue weighted by molar-refractivity contribution is -0.870. The SMILES string of the molecule is [2H]C([2H])(/C=C\CCCCC)/C=C\C([2H])([2H])/C=C\C([2H])([2H])/C=C\CCCC(=O)O[C@H](COC(=O)CCCCCCCCCCCCCCCCC)COP(=O)([O-])OCC[N+](C)(C)C. The highest BCUT2D eigenvalue weighted by molar-refractivity contribution is 7.45. The van der Waals surface area contributed by atoms with E-state index in [-0.39, 0.29) is 32.3 Å². The Labute approximate surface area is 352 Å². The van der Waals surface area contributed by atoms with Gasteiger partial charge in [0.2, 0.25) is 0 Å². The molecular weight excluding hydrogens is 725 g/mol. The van der Waals surface area contributed by atoms with Crippen molar-refractivity contribution in [3.63, 3.8) is 0 Å². The van der Waals surface area contributed by atoms with Crippen LogP contribution in [-0.4, -0.2) is 70.0 Å². The van der Waals surface area contributed by atoms with E-state index in [0.717, 1.165) is 69.2 Å². The molecule has 10 heteroatoms. The van der Waals surface area contributed by atoms with Crippen LogP contribution >= 0.6 is 7.82 Å². The van der Waals surface area contributed by atoms with E-state index in [1.165, 1.54) is 88.9 Å². The molecule has 0 rings (SSSR count). The summed E-state index contributed by atoms with van der Waals surface area (Å²) in [6.45, 7) is 3.64. The number of hydrogen-bond donors (Lipinski definition) is 0. The second-order valence-corrected chi connectivity index (χ2v) is 16.9. The van der Waals surface area contributed by atoms with Gasteiger partial charge in [-0.25, -0.2) is 0 Å². The molecule has 0 aliphatic rings. The van der Waals surface area contributed by atoms with Gasteiger partial charge in [0.05, 0.1) is 27.7 Å². The van der Waals surface area contributed by atoms with Crippen molar-refractivity contribution in [3.8, 4) is 0 Å². The highest BCUT2D eigenvalue weighted by Gasteiger charge is 2.21. The van der Waals surface area contributed by atoms with Gasteiger partial charge >= 0.3 is 11.9 Å². The number of phosphoric acid groups is 1. The smallest absolute Gasteiger partial charge is 0.306 e. The summed E-state index contributed by atoms with van der Waals surface area (Å²) in [5.74, 6) is -1.16. The van der Waals surface area contributed by atoms with Crippen molar-refractivity contribution >= 4 is 19.8 Å². The average molecular weight is 816 g/mol. The second-order valence-electron chi connectivity index (χ2n) is 15.4. The first-order chi connectivity index (χ1) is 29.1. The van der Waals surface area contributed by atoms with E-state index in [2.05, 4.69) is 13.8 Å². The van der Waals surface area contributed by atoms with E-state index in [1.807, 2.05) is 21.1 Å². The van der Waals surface area contributed by atoms with Gasteiger partial charge in [-0.2, -0.15) is 0 Å². The average Bonchev–Trinajstić information content (AvgIpc) is 3.18. The summed E-state index contributed by atoms with van der Waals surface area (Å²) in [5, 5.41) is 0. The maximum atomic E-state index is 12.8. The van der Waals surface area contributed by atoms with Crippen molar-refractivity contribution in [1.82, 2.24) is 0 Å². The number of quaternary nitrogens is 1. The summed E-state index contributed by atoms with van der Waals surface area (Å²) < 4.78 is 82.5. The van der Waals surface area contributed by atoms with Crippen LogP contribution in [0.2, 0.25) is 0 Å². The van der Waals surface area contributed by atoms with E-state index in [0.29, 0.717) is 17.4 Å². The molecule has 0 fully saturated rings. The molecule has 0 aliphatic heterocycles. The second kappa shape index (κ2) is 38.5. The Balaban J connectivity index is 4.91. The lowest BCUT2D eigenvalue weighted by Crippen LogP contribution is -2.37. The van der Waals surface area contributed by atoms with Crippen molar-refractivity contribution in [2.45, 2.75) is 187 Å². The highest BCUT2D eigenvalue weighted by Crippen LogP contribution is 2.38. The van der Waals surface area contributed by atoms with Crippen LogP contribution in [-0.2, 0) is 32.7 Å². The van der Waals surface area contributed by atoms with E-state index in [1.54, 1.807) is 6.08 Å². The topological polar surface area (TPSA) is 111 Å². The van der Waals surface area contributed by atoms with Crippen molar-refractivity contribution < 1.29 is 50.3 Å². The Kier molecular flexibility index (Phi) is 29.9. The van der Waals surface area contributed by atoms with Crippen LogP contribution in [0.5, 0.6) is 0 Å². The molecule has 0 amide bonds. The summed E-state index contributed by atoms with van der Waals surface area (Å²) >= 11 is 0. The lowest BCUT2D eigenvalue weighted by Gasteiger charge is -2.28. The number of allylic oxidation sites excluding steroid dienone is 8. The van der Waals surface area contributed by atoms with Crippen molar-refractivity contribution in [3.05, 3.63) is 48.6 Å². The van der Waals surface area contributed by atoms with Crippen LogP contribution in [0.4, 0.5) is 0 Å². The van der Waals surface area contributed by atoms with Gasteiger partial charge in [0.1, 0.15) is 19.8 Å². The van der Waals surface area contributed by atoms with Gasteiger partial charge < -0.3 is 27.9 Å². The van der Waals surface area contributed by atoms with Crippen LogP contribution in [0.3, 0.4) is 0 Å². The van der Waals surface area contributed by atoms with Gasteiger partial charge in [-0.05, 0) is 51.2 Å². The lowest BCUT2D eigenvalue weighted by atomic mass is 10.0. The van der Waals surface area contributed by atoms with Gasteiger partial charge in [-0.15, -0.1) is 0 Å². The molecule has 0 heterocycles. The van der Waals surface area contributed by atoms with E-state index >= 15 is 0 Å². The van der Waals surface area contributed by atoms with Crippen LogP contribution in [0.15, 0.2) is 48.6 Å². The fraction of sp³-hybridized carbons (Fsp3) is 0.783. The Morgan fingerprint density at radius 1 is 0.589 bits per heavy atom. The quantitative estimate of drug-likeness (QED) is 0.0198. The molecule has 0 spiro atoms. The van der Waals surface area contributed by atoms with Crippen LogP contribution in [0, 0.1) is 0 Å². The van der Waals surface area contributed by atoms with Crippen molar-refractivity contribution in [2.24, 2.45) is 0 Å². The predicted molar refractivity (Wildman–Crippen MR) is 231 cm³/mol. The minimum atomic E-state index is -4.74. The molecule has 326 valence electrons. The number of carbonyl (C=O) groups is 2. The highest BCUT2D eigenvalue weighted by atomic mass is 31.2. The normalized spacial score (nSPS) is 16.4. The molecule has 0 N–H and O–H groups in total. The first kappa shape index (κ1) is 43.5. The Bertz CT molecular complexity index is 1350. The summed E-state index contributed by atoms with van der Waals surface area (Å²) in [6, 6.07) is 0. The standard InChI is InChI=1S/C46H84NO8P/c1-6-8-10-12-14-16-18-20-22-23-25-27-29-31-33-35-37-39-46(49)55-44(43-54-56(50,51)53-41-40-47(3,4)5)42-52-45(48)38-36-34-32-30-28-26-24-21-19-17-15-13-11-9-7-2/h14,16,20,22,25,27,31,33,44H,6-13,15,17-19,21,23-24,26,28-30,32,34-43H2,1-5H3/b16-14-,22-20-,27-25-,33-31-/t44-/m1/s1/i18D2,23D2,29D2. The molecule has 0 aromatic rings. The Morgan fingerprint density at radius 3 is 1.52 bits per heavy atom. The maximum absolute atomic E-state index is 12.8. The summed E-state index contributed by atoms with van der Waals surface area (Å²) in [7, 11) is 0.906. The molecule has 1 unspecified atom stereocenters. The van der Waals surface area contributed by atoms with Gasteiger partial charge in [0.15, 0.2) is 6.10 Å². The van der Waals surface area contributed by atoms with Gasteiger partial charge in [-0.3, -0.25) is 14.2 Å². The zero-order valence-corrected chi connectivity index (χ0v) is 36.8. The first-order valence-corrected chi connectivity index (χ1v) is 23.1. The number of likely N-dealkylation sites (N-methyl/N-ethyl adjacent to an activating group) is 1. The van der Waals surface area contributed by atoms with Gasteiger partial charge in [-0.1, -0.05) is 165 Å². The third kappa shape index (κ3) is 41.6. The third-order valence-electron chi connectivity index (χ3n) is 8.85. The van der Waals surface area contributed by atoms with E-state index < -0.39 is 58.2 Å². The molecular formula is C46H84NO8P. The zero-order chi connectivity index (χ0) is 46.8. The molecule has 0 saturated carbocycles. The maximum Gasteiger partial charge on any atom is 0.306 e. The summed E-state index contributed by atoms with van der Waals surface area (Å²) in [6.07, 6.45) is 25.6. The fourth-order valence-electron chi connectivity index (χ4n) is 5.44. The number of ether oxygens (including phenoxy) is 2. The number of esters is 2. The van der Waals surface area contributed by atoms with Crippen LogP contribution in [0.25, 0.3) is 0 Å². The fourth-order valence-corrected chi connectivity index (χ4v) is 6.16. The summed E-state index contributed by atoms with van der Waals surface area (Å²) in [4.78, 5) is 37.7. The van der Waals surface area contributed by atoms with Gasteiger partial charge in [0, 0.05) is 21.1 Å². The van der Waals surface area contributed by atoms with Crippen LogP contribution < -0.4 is 4.89 Å². The number of unbranched alkanes of at least 4 members (excludes halogenated alkanes) is 18. The molecule has 0 saturated heterocycles. The summed E-state index contributed by atoms with van der Waals surface area (Å²) in [5.41, 5.74) is 0. The number of phosphoric ester groups is 1. The molecule has 0 aromatic carbocycles. The molecule has 0 radical (unpaired) electrons. The monoisotopic (exact) mass is 816 g/mol. The molecule has 2 atom stereocenters. The molecule has 0 aliphatic carbocycles. The van der Waals surface area contributed by atoms with E-state index in [9.17, 15) is 19.0 Å². The third-order valence-corrected chi connectivity index (χ3v) is 9.81. The largest absolute Gasteiger partial charge is 0.756 e. The Morgan fingerprint density at radius 2 is 1.02 bits per heavy atom. The molecule has 56 heavy (non-hydrogen) atoms. The first-order valence-electron chi connectivity index (χ1n) is 24.6. The number of rotatable bonds is 40.